The van der Waals surface area contributed by atoms with Crippen molar-refractivity contribution in [3.05, 3.63) is 22.6 Å². The first-order valence-corrected chi connectivity index (χ1v) is 6.35. The molecule has 0 bridgehead atoms. The Morgan fingerprint density at radius 3 is 2.40 bits per heavy atom. The quantitative estimate of drug-likeness (QED) is 0.873. The molecule has 15 heavy (non-hydrogen) atoms. The molecule has 0 amide bonds. The predicted octanol–water partition coefficient (Wildman–Crippen LogP) is 4.13. The van der Waals surface area contributed by atoms with E-state index < -0.39 is 0 Å². The number of hydrogen-bond donors (Lipinski definition) is 1. The van der Waals surface area contributed by atoms with Crippen LogP contribution in [0, 0.1) is 5.92 Å². The van der Waals surface area contributed by atoms with Crippen molar-refractivity contribution in [2.24, 2.45) is 5.92 Å². The van der Waals surface area contributed by atoms with Gasteiger partial charge in [0.15, 0.2) is 4.67 Å². The Labute approximate surface area is 101 Å². The van der Waals surface area contributed by atoms with Gasteiger partial charge in [-0.15, -0.1) is 0 Å². The molecular formula is C12H20BrNO. The van der Waals surface area contributed by atoms with E-state index in [0.29, 0.717) is 12.0 Å². The van der Waals surface area contributed by atoms with Crippen molar-refractivity contribution in [1.29, 1.82) is 0 Å². The monoisotopic (exact) mass is 273 g/mol. The number of halogens is 1. The molecule has 0 aliphatic heterocycles. The van der Waals surface area contributed by atoms with E-state index in [4.69, 9.17) is 4.42 Å². The zero-order chi connectivity index (χ0) is 11.4. The van der Waals surface area contributed by atoms with E-state index in [1.54, 1.807) is 0 Å². The average Bonchev–Trinajstić information content (AvgIpc) is 2.60. The molecule has 3 heteroatoms. The highest BCUT2D eigenvalue weighted by Gasteiger charge is 2.16. The summed E-state index contributed by atoms with van der Waals surface area (Å²) in [5.41, 5.74) is 0. The molecule has 1 aromatic rings. The molecule has 0 saturated heterocycles. The van der Waals surface area contributed by atoms with Crippen molar-refractivity contribution in [2.45, 2.75) is 46.2 Å². The molecule has 0 spiro atoms. The van der Waals surface area contributed by atoms with Gasteiger partial charge in [0.25, 0.3) is 0 Å². The maximum absolute atomic E-state index is 5.52. The Morgan fingerprint density at radius 2 is 2.00 bits per heavy atom. The summed E-state index contributed by atoms with van der Waals surface area (Å²) in [6.45, 7) is 8.83. The van der Waals surface area contributed by atoms with Gasteiger partial charge in [-0.25, -0.2) is 0 Å². The van der Waals surface area contributed by atoms with Crippen molar-refractivity contribution >= 4 is 15.9 Å². The van der Waals surface area contributed by atoms with E-state index in [1.165, 1.54) is 0 Å². The van der Waals surface area contributed by atoms with Gasteiger partial charge in [-0.05, 0) is 47.3 Å². The van der Waals surface area contributed by atoms with Crippen LogP contribution in [0.2, 0.25) is 0 Å². The molecule has 0 aliphatic carbocycles. The Morgan fingerprint density at radius 1 is 1.33 bits per heavy atom. The highest BCUT2D eigenvalue weighted by molar-refractivity contribution is 9.10. The first kappa shape index (κ1) is 12.8. The Hall–Kier alpha value is -0.280. The van der Waals surface area contributed by atoms with E-state index in [9.17, 15) is 0 Å². The number of furan rings is 1. The summed E-state index contributed by atoms with van der Waals surface area (Å²) in [5.74, 6) is 1.64. The van der Waals surface area contributed by atoms with Crippen molar-refractivity contribution in [3.63, 3.8) is 0 Å². The van der Waals surface area contributed by atoms with E-state index in [1.807, 2.05) is 12.1 Å². The van der Waals surface area contributed by atoms with Crippen molar-refractivity contribution in [2.75, 3.05) is 0 Å². The van der Waals surface area contributed by atoms with Crippen LogP contribution in [0.15, 0.2) is 21.2 Å². The predicted molar refractivity (Wildman–Crippen MR) is 66.9 cm³/mol. The molecule has 0 aliphatic rings. The smallest absolute Gasteiger partial charge is 0.169 e. The Balaban J connectivity index is 2.58. The summed E-state index contributed by atoms with van der Waals surface area (Å²) in [6.07, 6.45) is 1.14. The fraction of sp³-hybridized carbons (Fsp3) is 0.667. The van der Waals surface area contributed by atoms with Gasteiger partial charge >= 0.3 is 0 Å². The molecule has 0 saturated carbocycles. The highest BCUT2D eigenvalue weighted by Crippen LogP contribution is 2.21. The standard InChI is InChI=1S/C12H20BrNO/c1-5-10(8(2)3)14-9(4)11-6-7-12(13)15-11/h6-10,14H,5H2,1-4H3. The van der Waals surface area contributed by atoms with Crippen molar-refractivity contribution < 1.29 is 4.42 Å². The molecule has 86 valence electrons. The summed E-state index contributed by atoms with van der Waals surface area (Å²) in [7, 11) is 0. The van der Waals surface area contributed by atoms with Crippen molar-refractivity contribution in [3.8, 4) is 0 Å². The largest absolute Gasteiger partial charge is 0.453 e. The molecule has 0 fully saturated rings. The summed E-state index contributed by atoms with van der Waals surface area (Å²) in [4.78, 5) is 0. The second-order valence-corrected chi connectivity index (χ2v) is 5.07. The fourth-order valence-electron chi connectivity index (χ4n) is 1.75. The highest BCUT2D eigenvalue weighted by atomic mass is 79.9. The maximum Gasteiger partial charge on any atom is 0.169 e. The van der Waals surface area contributed by atoms with Crippen LogP contribution in [0.25, 0.3) is 0 Å². The molecule has 1 N–H and O–H groups in total. The second-order valence-electron chi connectivity index (χ2n) is 4.29. The van der Waals surface area contributed by atoms with Crippen molar-refractivity contribution in [1.82, 2.24) is 5.32 Å². The van der Waals surface area contributed by atoms with E-state index in [-0.39, 0.29) is 6.04 Å². The van der Waals surface area contributed by atoms with Gasteiger partial charge in [0.2, 0.25) is 0 Å². The van der Waals surface area contributed by atoms with E-state index in [0.717, 1.165) is 16.9 Å². The third-order valence-electron chi connectivity index (χ3n) is 2.73. The lowest BCUT2D eigenvalue weighted by molar-refractivity contribution is 0.325. The molecule has 1 heterocycles. The maximum atomic E-state index is 5.52. The second kappa shape index (κ2) is 5.71. The third-order valence-corrected chi connectivity index (χ3v) is 3.16. The van der Waals surface area contributed by atoms with Gasteiger partial charge in [-0.2, -0.15) is 0 Å². The molecule has 2 atom stereocenters. The van der Waals surface area contributed by atoms with Crippen LogP contribution < -0.4 is 5.32 Å². The first-order chi connectivity index (χ1) is 7.04. The van der Waals surface area contributed by atoms with Crippen LogP contribution in [0.4, 0.5) is 0 Å². The summed E-state index contributed by atoms with van der Waals surface area (Å²) in [6, 6.07) is 4.76. The average molecular weight is 274 g/mol. The molecular weight excluding hydrogens is 254 g/mol. The van der Waals surface area contributed by atoms with Gasteiger partial charge in [0.05, 0.1) is 6.04 Å². The summed E-state index contributed by atoms with van der Waals surface area (Å²) in [5, 5.41) is 3.58. The fourth-order valence-corrected chi connectivity index (χ4v) is 2.07. The van der Waals surface area contributed by atoms with E-state index >= 15 is 0 Å². The number of nitrogens with one attached hydrogen (secondary N) is 1. The van der Waals surface area contributed by atoms with Crippen LogP contribution in [0.3, 0.4) is 0 Å². The van der Waals surface area contributed by atoms with Gasteiger partial charge in [0, 0.05) is 6.04 Å². The number of rotatable bonds is 5. The third kappa shape index (κ3) is 3.65. The topological polar surface area (TPSA) is 25.2 Å². The van der Waals surface area contributed by atoms with Crippen LogP contribution >= 0.6 is 15.9 Å². The lowest BCUT2D eigenvalue weighted by atomic mass is 10.0. The van der Waals surface area contributed by atoms with E-state index in [2.05, 4.69) is 48.9 Å². The Kier molecular flexibility index (Phi) is 4.87. The molecule has 1 rings (SSSR count). The van der Waals surface area contributed by atoms with Gasteiger partial charge in [-0.3, -0.25) is 0 Å². The molecule has 2 nitrogen and oxygen atoms in total. The minimum absolute atomic E-state index is 0.267. The van der Waals surface area contributed by atoms with Gasteiger partial charge < -0.3 is 9.73 Å². The minimum atomic E-state index is 0.267. The van der Waals surface area contributed by atoms with Crippen LogP contribution in [0.5, 0.6) is 0 Å². The van der Waals surface area contributed by atoms with Crippen LogP contribution in [-0.4, -0.2) is 6.04 Å². The first-order valence-electron chi connectivity index (χ1n) is 5.55. The normalized spacial score (nSPS) is 15.6. The summed E-state index contributed by atoms with van der Waals surface area (Å²) >= 11 is 3.32. The minimum Gasteiger partial charge on any atom is -0.453 e. The molecule has 1 aromatic heterocycles. The lowest BCUT2D eigenvalue weighted by Gasteiger charge is -2.24. The Bertz CT molecular complexity index is 296. The molecule has 0 radical (unpaired) electrons. The zero-order valence-corrected chi connectivity index (χ0v) is 11.5. The van der Waals surface area contributed by atoms with Crippen LogP contribution in [0.1, 0.15) is 45.9 Å². The molecule has 2 unspecified atom stereocenters. The number of hydrogen-bond acceptors (Lipinski definition) is 2. The van der Waals surface area contributed by atoms with Gasteiger partial charge in [-0.1, -0.05) is 20.8 Å². The van der Waals surface area contributed by atoms with Gasteiger partial charge in [0.1, 0.15) is 5.76 Å². The zero-order valence-electron chi connectivity index (χ0n) is 9.88. The SMILES string of the molecule is CCC(NC(C)c1ccc(Br)o1)C(C)C. The molecule has 0 aromatic carbocycles. The summed E-state index contributed by atoms with van der Waals surface area (Å²) < 4.78 is 6.32. The lowest BCUT2D eigenvalue weighted by Crippen LogP contribution is -2.34. The van der Waals surface area contributed by atoms with Crippen LogP contribution in [-0.2, 0) is 0 Å².